The van der Waals surface area contributed by atoms with E-state index in [1.54, 1.807) is 6.07 Å². The molecule has 1 aromatic heterocycles. The molecular weight excluding hydrogens is 326 g/mol. The fraction of sp³-hybridized carbons (Fsp3) is 0.421. The fourth-order valence-corrected chi connectivity index (χ4v) is 2.39. The van der Waals surface area contributed by atoms with Crippen LogP contribution in [0.4, 0.5) is 0 Å². The number of nitrogens with one attached hydrogen (secondary N) is 1. The summed E-state index contributed by atoms with van der Waals surface area (Å²) in [5, 5.41) is 0. The molecule has 4 nitrogen and oxygen atoms in total. The number of carbonyl (C=O) groups is 1. The highest BCUT2D eigenvalue weighted by Gasteiger charge is 2.19. The fourth-order valence-electron chi connectivity index (χ4n) is 2.39. The summed E-state index contributed by atoms with van der Waals surface area (Å²) in [4.78, 5) is 13.5. The van der Waals surface area contributed by atoms with Gasteiger partial charge in [0, 0.05) is 12.3 Å². The van der Waals surface area contributed by atoms with E-state index in [-0.39, 0.29) is 30.2 Å². The van der Waals surface area contributed by atoms with E-state index >= 15 is 0 Å². The summed E-state index contributed by atoms with van der Waals surface area (Å²) in [5.74, 6) is 0.755. The molecule has 24 heavy (non-hydrogen) atoms. The standard InChI is InChI=1S/C19H25NO3.ClH/c1-14(12-13-20(3)4)22-19(21)18-11-10-17(23-18)15(2)16-8-6-5-7-9-16;/h5-11,14-15H,12-13H2,1-4H3;1H. The van der Waals surface area contributed by atoms with Crippen molar-refractivity contribution in [1.82, 2.24) is 0 Å². The molecule has 1 aromatic carbocycles. The number of rotatable bonds is 7. The van der Waals surface area contributed by atoms with Crippen LogP contribution in [0.5, 0.6) is 0 Å². The molecule has 2 rings (SSSR count). The molecule has 1 N–H and O–H groups in total. The van der Waals surface area contributed by atoms with E-state index in [4.69, 9.17) is 9.15 Å². The van der Waals surface area contributed by atoms with Crippen LogP contribution in [-0.4, -0.2) is 32.7 Å². The summed E-state index contributed by atoms with van der Waals surface area (Å²) >= 11 is 0. The normalized spacial score (nSPS) is 13.2. The van der Waals surface area contributed by atoms with E-state index in [0.29, 0.717) is 0 Å². The van der Waals surface area contributed by atoms with Crippen LogP contribution in [0.2, 0.25) is 0 Å². The molecule has 0 radical (unpaired) electrons. The van der Waals surface area contributed by atoms with Crippen LogP contribution >= 0.6 is 0 Å². The number of benzene rings is 1. The third-order valence-electron chi connectivity index (χ3n) is 3.91. The van der Waals surface area contributed by atoms with Gasteiger partial charge >= 0.3 is 5.97 Å². The van der Waals surface area contributed by atoms with Crippen LogP contribution in [0.3, 0.4) is 0 Å². The van der Waals surface area contributed by atoms with Crippen molar-refractivity contribution in [2.75, 3.05) is 20.6 Å². The van der Waals surface area contributed by atoms with Gasteiger partial charge in [0.15, 0.2) is 0 Å². The zero-order chi connectivity index (χ0) is 16.8. The highest BCUT2D eigenvalue weighted by atomic mass is 35.5. The van der Waals surface area contributed by atoms with Crippen molar-refractivity contribution in [3.05, 3.63) is 59.5 Å². The van der Waals surface area contributed by atoms with Gasteiger partial charge in [-0.1, -0.05) is 37.3 Å². The van der Waals surface area contributed by atoms with Crippen LogP contribution in [0, 0.1) is 0 Å². The Balaban J connectivity index is 0.00000288. The Morgan fingerprint density at radius 2 is 1.79 bits per heavy atom. The highest BCUT2D eigenvalue weighted by Crippen LogP contribution is 2.26. The second kappa shape index (κ2) is 9.50. The van der Waals surface area contributed by atoms with Crippen molar-refractivity contribution in [2.45, 2.75) is 32.3 Å². The second-order valence-electron chi connectivity index (χ2n) is 6.30. The van der Waals surface area contributed by atoms with Crippen molar-refractivity contribution in [3.63, 3.8) is 0 Å². The Kier molecular flexibility index (Phi) is 8.02. The SMILES string of the molecule is CC(CC[NH+](C)C)OC(=O)c1ccc(C(C)c2ccccc2)o1.[Cl-]. The van der Waals surface area contributed by atoms with Gasteiger partial charge in [-0.25, -0.2) is 4.79 Å². The Hall–Kier alpha value is -1.78. The van der Waals surface area contributed by atoms with Gasteiger partial charge in [0.05, 0.1) is 20.6 Å². The number of esters is 1. The van der Waals surface area contributed by atoms with Crippen LogP contribution in [0.1, 0.15) is 48.1 Å². The molecule has 2 aromatic rings. The molecule has 2 atom stereocenters. The van der Waals surface area contributed by atoms with E-state index in [1.165, 1.54) is 4.90 Å². The van der Waals surface area contributed by atoms with Crippen LogP contribution < -0.4 is 17.3 Å². The van der Waals surface area contributed by atoms with Crippen LogP contribution in [-0.2, 0) is 4.74 Å². The predicted octanol–water partition coefficient (Wildman–Crippen LogP) is -0.485. The molecule has 132 valence electrons. The third-order valence-corrected chi connectivity index (χ3v) is 3.91. The number of carbonyl (C=O) groups excluding carboxylic acids is 1. The zero-order valence-electron chi connectivity index (χ0n) is 14.7. The molecule has 0 bridgehead atoms. The van der Waals surface area contributed by atoms with Crippen molar-refractivity contribution in [3.8, 4) is 0 Å². The molecule has 0 aliphatic rings. The summed E-state index contributed by atoms with van der Waals surface area (Å²) in [5.41, 5.74) is 1.16. The Morgan fingerprint density at radius 3 is 2.42 bits per heavy atom. The maximum absolute atomic E-state index is 12.1. The number of hydrogen-bond acceptors (Lipinski definition) is 3. The average Bonchev–Trinajstić information content (AvgIpc) is 3.03. The van der Waals surface area contributed by atoms with Gasteiger partial charge in [0.2, 0.25) is 5.76 Å². The number of furan rings is 1. The minimum atomic E-state index is -0.391. The van der Waals surface area contributed by atoms with Gasteiger partial charge in [-0.2, -0.15) is 0 Å². The monoisotopic (exact) mass is 351 g/mol. The van der Waals surface area contributed by atoms with Gasteiger partial charge in [-0.15, -0.1) is 0 Å². The van der Waals surface area contributed by atoms with E-state index in [2.05, 4.69) is 33.2 Å². The minimum absolute atomic E-state index is 0. The maximum atomic E-state index is 12.1. The Morgan fingerprint density at radius 1 is 1.12 bits per heavy atom. The molecule has 0 aliphatic carbocycles. The average molecular weight is 352 g/mol. The molecule has 0 saturated heterocycles. The number of ether oxygens (including phenoxy) is 1. The zero-order valence-corrected chi connectivity index (χ0v) is 15.5. The first-order valence-electron chi connectivity index (χ1n) is 8.12. The first kappa shape index (κ1) is 20.3. The van der Waals surface area contributed by atoms with E-state index in [1.807, 2.05) is 31.2 Å². The largest absolute Gasteiger partial charge is 1.00 e. The van der Waals surface area contributed by atoms with Gasteiger partial charge in [0.25, 0.3) is 0 Å². The first-order valence-corrected chi connectivity index (χ1v) is 8.12. The second-order valence-corrected chi connectivity index (χ2v) is 6.30. The van der Waals surface area contributed by atoms with E-state index in [0.717, 1.165) is 24.3 Å². The number of halogens is 1. The van der Waals surface area contributed by atoms with Crippen molar-refractivity contribution in [2.24, 2.45) is 0 Å². The molecule has 5 heteroatoms. The molecular formula is C19H26ClNO3. The Labute approximate surface area is 150 Å². The molecule has 0 spiro atoms. The van der Waals surface area contributed by atoms with Crippen LogP contribution in [0.25, 0.3) is 0 Å². The molecule has 2 unspecified atom stereocenters. The lowest BCUT2D eigenvalue weighted by molar-refractivity contribution is -0.858. The predicted molar refractivity (Wildman–Crippen MR) is 89.8 cm³/mol. The van der Waals surface area contributed by atoms with Crippen molar-refractivity contribution >= 4 is 5.97 Å². The van der Waals surface area contributed by atoms with Gasteiger partial charge in [0.1, 0.15) is 11.9 Å². The smallest absolute Gasteiger partial charge is 0.374 e. The van der Waals surface area contributed by atoms with Crippen molar-refractivity contribution in [1.29, 1.82) is 0 Å². The lowest BCUT2D eigenvalue weighted by Crippen LogP contribution is -3.05. The molecule has 1 heterocycles. The Bertz CT molecular complexity index is 625. The molecule has 0 saturated carbocycles. The minimum Gasteiger partial charge on any atom is -1.00 e. The number of quaternary nitrogens is 1. The molecule has 0 aliphatic heterocycles. The summed E-state index contributed by atoms with van der Waals surface area (Å²) in [6, 6.07) is 13.6. The molecule has 0 fully saturated rings. The van der Waals surface area contributed by atoms with E-state index in [9.17, 15) is 4.79 Å². The van der Waals surface area contributed by atoms with Crippen molar-refractivity contribution < 1.29 is 31.3 Å². The lowest BCUT2D eigenvalue weighted by Gasteiger charge is -2.14. The topological polar surface area (TPSA) is 43.9 Å². The third kappa shape index (κ3) is 5.69. The van der Waals surface area contributed by atoms with Crippen LogP contribution in [0.15, 0.2) is 46.9 Å². The quantitative estimate of drug-likeness (QED) is 0.685. The summed E-state index contributed by atoms with van der Waals surface area (Å²) in [6.45, 7) is 4.94. The summed E-state index contributed by atoms with van der Waals surface area (Å²) in [7, 11) is 4.16. The summed E-state index contributed by atoms with van der Waals surface area (Å²) < 4.78 is 11.1. The lowest BCUT2D eigenvalue weighted by atomic mass is 9.99. The van der Waals surface area contributed by atoms with Gasteiger partial charge in [-0.3, -0.25) is 0 Å². The highest BCUT2D eigenvalue weighted by molar-refractivity contribution is 5.86. The maximum Gasteiger partial charge on any atom is 0.374 e. The van der Waals surface area contributed by atoms with Gasteiger partial charge < -0.3 is 26.5 Å². The molecule has 0 amide bonds. The first-order chi connectivity index (χ1) is 11.0. The number of hydrogen-bond donors (Lipinski definition) is 1. The van der Waals surface area contributed by atoms with Gasteiger partial charge in [-0.05, 0) is 24.6 Å². The summed E-state index contributed by atoms with van der Waals surface area (Å²) in [6.07, 6.45) is 0.722. The van der Waals surface area contributed by atoms with E-state index < -0.39 is 5.97 Å².